The summed E-state index contributed by atoms with van der Waals surface area (Å²) in [6.45, 7) is 7.82. The van der Waals surface area contributed by atoms with Crippen LogP contribution < -0.4 is 15.8 Å². The summed E-state index contributed by atoms with van der Waals surface area (Å²) in [7, 11) is 0. The van der Waals surface area contributed by atoms with Crippen LogP contribution >= 0.6 is 0 Å². The molecule has 1 aromatic rings. The molecule has 4 heteroatoms. The van der Waals surface area contributed by atoms with E-state index in [-0.39, 0.29) is 5.91 Å². The van der Waals surface area contributed by atoms with Crippen LogP contribution in [0, 0.1) is 0 Å². The Labute approximate surface area is 134 Å². The van der Waals surface area contributed by atoms with Crippen LogP contribution in [-0.2, 0) is 17.6 Å². The van der Waals surface area contributed by atoms with E-state index in [1.54, 1.807) is 11.9 Å². The zero-order valence-electron chi connectivity index (χ0n) is 14.1. The molecule has 2 N–H and O–H groups in total. The smallest absolute Gasteiger partial charge is 0.238 e. The minimum Gasteiger partial charge on any atom is -0.314 e. The number of hydrogen-bond donors (Lipinski definition) is 2. The highest BCUT2D eigenvalue weighted by Gasteiger charge is 2.23. The van der Waals surface area contributed by atoms with Gasteiger partial charge in [0.1, 0.15) is 0 Å². The van der Waals surface area contributed by atoms with E-state index in [9.17, 15) is 4.79 Å². The fourth-order valence-electron chi connectivity index (χ4n) is 3.11. The zero-order valence-corrected chi connectivity index (χ0v) is 14.1. The molecule has 0 aromatic heterocycles. The average Bonchev–Trinajstić information content (AvgIpc) is 2.52. The third-order valence-corrected chi connectivity index (χ3v) is 4.22. The lowest BCUT2D eigenvalue weighted by Crippen LogP contribution is -2.43. The molecule has 4 nitrogen and oxygen atoms in total. The lowest BCUT2D eigenvalue weighted by atomic mass is 9.87. The number of carbonyl (C=O) groups is 1. The number of hydrazine groups is 1. The number of rotatable bonds is 7. The van der Waals surface area contributed by atoms with E-state index in [2.05, 4.69) is 42.8 Å². The third kappa shape index (κ3) is 4.08. The van der Waals surface area contributed by atoms with Gasteiger partial charge >= 0.3 is 0 Å². The summed E-state index contributed by atoms with van der Waals surface area (Å²) in [6.07, 6.45) is 5.40. The molecule has 22 heavy (non-hydrogen) atoms. The maximum Gasteiger partial charge on any atom is 0.238 e. The first-order valence-corrected chi connectivity index (χ1v) is 8.55. The molecule has 0 aliphatic heterocycles. The maximum absolute atomic E-state index is 12.0. The lowest BCUT2D eigenvalue weighted by Gasteiger charge is -2.31. The van der Waals surface area contributed by atoms with Gasteiger partial charge in [0.25, 0.3) is 0 Å². The molecule has 0 heterocycles. The van der Waals surface area contributed by atoms with Crippen molar-refractivity contribution < 1.29 is 4.79 Å². The summed E-state index contributed by atoms with van der Waals surface area (Å²) in [5, 5.41) is 5.35. The average molecular weight is 303 g/mol. The summed E-state index contributed by atoms with van der Waals surface area (Å²) in [6, 6.07) is 6.90. The van der Waals surface area contributed by atoms with E-state index >= 15 is 0 Å². The number of anilines is 1. The van der Waals surface area contributed by atoms with Crippen molar-refractivity contribution in [3.05, 3.63) is 29.3 Å². The predicted octanol–water partition coefficient (Wildman–Crippen LogP) is 2.81. The molecule has 0 spiro atoms. The van der Waals surface area contributed by atoms with Crippen LogP contribution in [0.1, 0.15) is 51.2 Å². The molecule has 0 bridgehead atoms. The molecule has 1 unspecified atom stereocenters. The van der Waals surface area contributed by atoms with Gasteiger partial charge in [-0.2, -0.15) is 0 Å². The maximum atomic E-state index is 12.0. The Balaban J connectivity index is 2.19. The van der Waals surface area contributed by atoms with Crippen LogP contribution in [0.5, 0.6) is 0 Å². The van der Waals surface area contributed by atoms with Crippen LogP contribution in [0.3, 0.4) is 0 Å². The van der Waals surface area contributed by atoms with Crippen molar-refractivity contribution in [3.8, 4) is 0 Å². The van der Waals surface area contributed by atoms with Crippen molar-refractivity contribution >= 4 is 11.6 Å². The van der Waals surface area contributed by atoms with Gasteiger partial charge in [0.2, 0.25) is 5.91 Å². The first-order valence-electron chi connectivity index (χ1n) is 8.55. The monoisotopic (exact) mass is 303 g/mol. The first kappa shape index (κ1) is 17.0. The topological polar surface area (TPSA) is 44.4 Å². The number of nitrogens with one attached hydrogen (secondary N) is 2. The highest BCUT2D eigenvalue weighted by molar-refractivity contribution is 5.91. The Kier molecular flexibility index (Phi) is 6.40. The highest BCUT2D eigenvalue weighted by Crippen LogP contribution is 2.30. The molecule has 1 aliphatic rings. The minimum atomic E-state index is 0.0491. The number of amides is 1. The molecule has 2 rings (SSSR count). The molecule has 0 saturated heterocycles. The Morgan fingerprint density at radius 3 is 2.73 bits per heavy atom. The zero-order chi connectivity index (χ0) is 15.9. The van der Waals surface area contributed by atoms with Crippen molar-refractivity contribution in [2.75, 3.05) is 18.1 Å². The third-order valence-electron chi connectivity index (χ3n) is 4.22. The van der Waals surface area contributed by atoms with Gasteiger partial charge in [0.05, 0.1) is 5.69 Å². The second-order valence-electron chi connectivity index (χ2n) is 6.07. The molecule has 0 radical (unpaired) electrons. The van der Waals surface area contributed by atoms with Gasteiger partial charge in [0, 0.05) is 19.5 Å². The van der Waals surface area contributed by atoms with Crippen LogP contribution in [0.2, 0.25) is 0 Å². The number of nitrogens with zero attached hydrogens (tertiary/aromatic N) is 1. The van der Waals surface area contributed by atoms with Gasteiger partial charge in [-0.1, -0.05) is 26.0 Å². The van der Waals surface area contributed by atoms with Crippen molar-refractivity contribution in [1.29, 1.82) is 0 Å². The molecule has 1 atom stereocenters. The summed E-state index contributed by atoms with van der Waals surface area (Å²) in [4.78, 5) is 12.0. The number of carbonyl (C=O) groups excluding carboxylic acids is 1. The summed E-state index contributed by atoms with van der Waals surface area (Å²) in [5.74, 6) is 0.0491. The van der Waals surface area contributed by atoms with Crippen molar-refractivity contribution in [1.82, 2.24) is 10.7 Å². The molecule has 1 aromatic carbocycles. The van der Waals surface area contributed by atoms with Gasteiger partial charge in [-0.25, -0.2) is 10.4 Å². The van der Waals surface area contributed by atoms with Crippen LogP contribution in [-0.4, -0.2) is 25.0 Å². The largest absolute Gasteiger partial charge is 0.314 e. The van der Waals surface area contributed by atoms with Crippen molar-refractivity contribution in [3.63, 3.8) is 0 Å². The van der Waals surface area contributed by atoms with Gasteiger partial charge < -0.3 is 5.32 Å². The van der Waals surface area contributed by atoms with E-state index in [0.717, 1.165) is 44.5 Å². The summed E-state index contributed by atoms with van der Waals surface area (Å²) < 4.78 is 0. The summed E-state index contributed by atoms with van der Waals surface area (Å²) >= 11 is 0. The van der Waals surface area contributed by atoms with Crippen LogP contribution in [0.25, 0.3) is 0 Å². The summed E-state index contributed by atoms with van der Waals surface area (Å²) in [5.41, 5.74) is 6.99. The number of benzene rings is 1. The highest BCUT2D eigenvalue weighted by atomic mass is 16.2. The normalized spacial score (nSPS) is 17.1. The Bertz CT molecular complexity index is 501. The van der Waals surface area contributed by atoms with E-state index in [1.165, 1.54) is 17.5 Å². The predicted molar refractivity (Wildman–Crippen MR) is 92.0 cm³/mol. The van der Waals surface area contributed by atoms with E-state index in [0.29, 0.717) is 6.04 Å². The quantitative estimate of drug-likeness (QED) is 0.761. The molecule has 0 fully saturated rings. The molecule has 122 valence electrons. The molecule has 1 amide bonds. The second kappa shape index (κ2) is 8.30. The fourth-order valence-corrected chi connectivity index (χ4v) is 3.11. The van der Waals surface area contributed by atoms with Gasteiger partial charge in [-0.05, 0) is 55.8 Å². The minimum absolute atomic E-state index is 0.0491. The molecular weight excluding hydrogens is 274 g/mol. The van der Waals surface area contributed by atoms with Crippen LogP contribution in [0.4, 0.5) is 5.69 Å². The lowest BCUT2D eigenvalue weighted by molar-refractivity contribution is -0.117. The SMILES string of the molecule is CCCNC1CCc2c(cccc2N(NCCC)C(C)=O)C1. The van der Waals surface area contributed by atoms with Crippen LogP contribution in [0.15, 0.2) is 18.2 Å². The van der Waals surface area contributed by atoms with Crippen molar-refractivity contribution in [2.24, 2.45) is 0 Å². The molecular formula is C18H29N3O. The first-order chi connectivity index (χ1) is 10.7. The van der Waals surface area contributed by atoms with E-state index in [4.69, 9.17) is 0 Å². The Morgan fingerprint density at radius 1 is 1.27 bits per heavy atom. The number of hydrogen-bond acceptors (Lipinski definition) is 3. The van der Waals surface area contributed by atoms with Crippen molar-refractivity contribution in [2.45, 2.75) is 58.9 Å². The Morgan fingerprint density at radius 2 is 2.05 bits per heavy atom. The van der Waals surface area contributed by atoms with Gasteiger partial charge in [0.15, 0.2) is 0 Å². The number of fused-ring (bicyclic) bond motifs is 1. The second-order valence-corrected chi connectivity index (χ2v) is 6.07. The van der Waals surface area contributed by atoms with Gasteiger partial charge in [-0.3, -0.25) is 4.79 Å². The molecule has 1 aliphatic carbocycles. The fraction of sp³-hybridized carbons (Fsp3) is 0.611. The molecule has 0 saturated carbocycles. The standard InChI is InChI=1S/C18H29N3O/c1-4-11-19-16-9-10-17-15(13-16)7-6-8-18(17)21(14(3)22)20-12-5-2/h6-8,16,19-20H,4-5,9-13H2,1-3H3. The van der Waals surface area contributed by atoms with E-state index < -0.39 is 0 Å². The Hall–Kier alpha value is -1.39. The van der Waals surface area contributed by atoms with E-state index in [1.807, 2.05) is 0 Å². The van der Waals surface area contributed by atoms with Gasteiger partial charge in [-0.15, -0.1) is 0 Å².